The number of rotatable bonds is 4. The van der Waals surface area contributed by atoms with Gasteiger partial charge in [0.1, 0.15) is 0 Å². The highest BCUT2D eigenvalue weighted by atomic mass is 16.4. The second-order valence-corrected chi connectivity index (χ2v) is 5.83. The molecule has 0 heterocycles. The Morgan fingerprint density at radius 1 is 1.56 bits per heavy atom. The van der Waals surface area contributed by atoms with Crippen molar-refractivity contribution in [3.63, 3.8) is 0 Å². The number of carboxylic acid groups (broad SMARTS) is 1. The first-order chi connectivity index (χ1) is 8.31. The molecule has 0 bridgehead atoms. The fourth-order valence-corrected chi connectivity index (χ4v) is 2.24. The maximum absolute atomic E-state index is 11.1. The van der Waals surface area contributed by atoms with Crippen molar-refractivity contribution in [2.24, 2.45) is 11.3 Å². The Bertz CT molecular complexity index is 495. The lowest BCUT2D eigenvalue weighted by molar-refractivity contribution is 0.0698. The van der Waals surface area contributed by atoms with Crippen LogP contribution < -0.4 is 11.1 Å². The average molecular weight is 248 g/mol. The first-order valence-corrected chi connectivity index (χ1v) is 6.18. The van der Waals surface area contributed by atoms with Gasteiger partial charge >= 0.3 is 5.97 Å². The molecule has 1 aromatic carbocycles. The van der Waals surface area contributed by atoms with Gasteiger partial charge in [0.05, 0.1) is 5.56 Å². The summed E-state index contributed by atoms with van der Waals surface area (Å²) in [5.74, 6) is -0.311. The SMILES string of the molecule is Cc1cc(NCC2CC2(C)C)cc(C(=O)O)c1N. The van der Waals surface area contributed by atoms with E-state index >= 15 is 0 Å². The van der Waals surface area contributed by atoms with E-state index in [1.165, 1.54) is 6.42 Å². The van der Waals surface area contributed by atoms with Gasteiger partial charge in [-0.05, 0) is 42.4 Å². The predicted molar refractivity (Wildman–Crippen MR) is 72.9 cm³/mol. The number of nitrogens with two attached hydrogens (primary N) is 1. The van der Waals surface area contributed by atoms with E-state index in [1.807, 2.05) is 13.0 Å². The van der Waals surface area contributed by atoms with Crippen LogP contribution in [0.3, 0.4) is 0 Å². The van der Waals surface area contributed by atoms with Crippen molar-refractivity contribution in [3.8, 4) is 0 Å². The number of aromatic carboxylic acids is 1. The van der Waals surface area contributed by atoms with E-state index in [0.717, 1.165) is 17.8 Å². The minimum absolute atomic E-state index is 0.174. The van der Waals surface area contributed by atoms with Crippen molar-refractivity contribution in [3.05, 3.63) is 23.3 Å². The number of hydrogen-bond donors (Lipinski definition) is 3. The van der Waals surface area contributed by atoms with E-state index < -0.39 is 5.97 Å². The Hall–Kier alpha value is -1.71. The Morgan fingerprint density at radius 3 is 2.67 bits per heavy atom. The monoisotopic (exact) mass is 248 g/mol. The smallest absolute Gasteiger partial charge is 0.337 e. The maximum atomic E-state index is 11.1. The third kappa shape index (κ3) is 2.42. The standard InChI is InChI=1S/C14H20N2O2/c1-8-4-10(5-11(12(8)15)13(17)18)16-7-9-6-14(9,2)3/h4-5,9,16H,6-7,15H2,1-3H3,(H,17,18). The molecular weight excluding hydrogens is 228 g/mol. The number of hydrogen-bond acceptors (Lipinski definition) is 3. The van der Waals surface area contributed by atoms with Gasteiger partial charge in [0.25, 0.3) is 0 Å². The van der Waals surface area contributed by atoms with Crippen molar-refractivity contribution < 1.29 is 9.90 Å². The number of carboxylic acids is 1. The van der Waals surface area contributed by atoms with E-state index in [9.17, 15) is 4.79 Å². The van der Waals surface area contributed by atoms with Crippen LogP contribution in [0.25, 0.3) is 0 Å². The predicted octanol–water partition coefficient (Wildman–Crippen LogP) is 2.73. The van der Waals surface area contributed by atoms with Gasteiger partial charge in [0.15, 0.2) is 0 Å². The fraction of sp³-hybridized carbons (Fsp3) is 0.500. The van der Waals surface area contributed by atoms with Crippen molar-refractivity contribution in [1.82, 2.24) is 0 Å². The molecule has 1 unspecified atom stereocenters. The van der Waals surface area contributed by atoms with Crippen molar-refractivity contribution in [2.45, 2.75) is 27.2 Å². The molecule has 1 fully saturated rings. The summed E-state index contributed by atoms with van der Waals surface area (Å²) in [5, 5.41) is 12.4. The Morgan fingerprint density at radius 2 is 2.17 bits per heavy atom. The van der Waals surface area contributed by atoms with Gasteiger partial charge in [-0.1, -0.05) is 13.8 Å². The van der Waals surface area contributed by atoms with E-state index in [4.69, 9.17) is 10.8 Å². The molecule has 98 valence electrons. The molecular formula is C14H20N2O2. The van der Waals surface area contributed by atoms with Crippen LogP contribution >= 0.6 is 0 Å². The molecule has 4 heteroatoms. The summed E-state index contributed by atoms with van der Waals surface area (Å²) in [4.78, 5) is 11.1. The highest BCUT2D eigenvalue weighted by molar-refractivity contribution is 5.95. The molecule has 0 aromatic heterocycles. The zero-order valence-corrected chi connectivity index (χ0v) is 11.1. The second kappa shape index (κ2) is 4.19. The molecule has 0 spiro atoms. The van der Waals surface area contributed by atoms with Gasteiger partial charge in [-0.3, -0.25) is 0 Å². The summed E-state index contributed by atoms with van der Waals surface area (Å²) in [5.41, 5.74) is 8.33. The minimum atomic E-state index is -0.981. The summed E-state index contributed by atoms with van der Waals surface area (Å²) < 4.78 is 0. The number of benzene rings is 1. The molecule has 4 nitrogen and oxygen atoms in total. The summed E-state index contributed by atoms with van der Waals surface area (Å²) in [6, 6.07) is 3.51. The Balaban J connectivity index is 2.12. The first kappa shape index (κ1) is 12.7. The van der Waals surface area contributed by atoms with E-state index in [-0.39, 0.29) is 5.56 Å². The first-order valence-electron chi connectivity index (χ1n) is 6.18. The molecule has 1 aromatic rings. The highest BCUT2D eigenvalue weighted by Crippen LogP contribution is 2.51. The lowest BCUT2D eigenvalue weighted by Crippen LogP contribution is -2.10. The van der Waals surface area contributed by atoms with E-state index in [0.29, 0.717) is 17.0 Å². The summed E-state index contributed by atoms with van der Waals surface area (Å²) in [7, 11) is 0. The maximum Gasteiger partial charge on any atom is 0.337 e. The number of nitrogens with one attached hydrogen (secondary N) is 1. The van der Waals surface area contributed by atoms with Crippen molar-refractivity contribution in [1.29, 1.82) is 0 Å². The van der Waals surface area contributed by atoms with Crippen LogP contribution in [0.5, 0.6) is 0 Å². The zero-order chi connectivity index (χ0) is 13.5. The average Bonchev–Trinajstić information content (AvgIpc) is 2.87. The third-order valence-corrected chi connectivity index (χ3v) is 3.89. The topological polar surface area (TPSA) is 75.3 Å². The van der Waals surface area contributed by atoms with Gasteiger partial charge in [-0.15, -0.1) is 0 Å². The van der Waals surface area contributed by atoms with E-state index in [1.54, 1.807) is 6.07 Å². The normalized spacial score (nSPS) is 20.5. The molecule has 0 amide bonds. The fourth-order valence-electron chi connectivity index (χ4n) is 2.24. The molecule has 0 aliphatic heterocycles. The van der Waals surface area contributed by atoms with Crippen LogP contribution in [0.4, 0.5) is 11.4 Å². The summed E-state index contributed by atoms with van der Waals surface area (Å²) >= 11 is 0. The largest absolute Gasteiger partial charge is 0.478 e. The number of nitrogen functional groups attached to an aromatic ring is 1. The van der Waals surface area contributed by atoms with Crippen molar-refractivity contribution in [2.75, 3.05) is 17.6 Å². The van der Waals surface area contributed by atoms with Gasteiger partial charge in [0, 0.05) is 17.9 Å². The van der Waals surface area contributed by atoms with Crippen molar-refractivity contribution >= 4 is 17.3 Å². The second-order valence-electron chi connectivity index (χ2n) is 5.83. The molecule has 1 aliphatic carbocycles. The molecule has 0 saturated heterocycles. The van der Waals surface area contributed by atoms with E-state index in [2.05, 4.69) is 19.2 Å². The number of anilines is 2. The molecule has 1 aliphatic rings. The van der Waals surface area contributed by atoms with Crippen LogP contribution in [0.1, 0.15) is 36.2 Å². The summed E-state index contributed by atoms with van der Waals surface area (Å²) in [6.07, 6.45) is 1.22. The Labute approximate surface area is 107 Å². The van der Waals surface area contributed by atoms with Gasteiger partial charge in [-0.2, -0.15) is 0 Å². The van der Waals surface area contributed by atoms with Crippen LogP contribution in [0.2, 0.25) is 0 Å². The van der Waals surface area contributed by atoms with Crippen LogP contribution in [-0.2, 0) is 0 Å². The number of aryl methyl sites for hydroxylation is 1. The quantitative estimate of drug-likeness (QED) is 0.716. The van der Waals surface area contributed by atoms with Crippen LogP contribution in [0, 0.1) is 18.3 Å². The number of carbonyl (C=O) groups is 1. The third-order valence-electron chi connectivity index (χ3n) is 3.89. The van der Waals surface area contributed by atoms with Crippen LogP contribution in [0.15, 0.2) is 12.1 Å². The van der Waals surface area contributed by atoms with Gasteiger partial charge in [0.2, 0.25) is 0 Å². The van der Waals surface area contributed by atoms with Crippen LogP contribution in [-0.4, -0.2) is 17.6 Å². The van der Waals surface area contributed by atoms with Gasteiger partial charge in [-0.25, -0.2) is 4.79 Å². The zero-order valence-electron chi connectivity index (χ0n) is 11.1. The molecule has 0 radical (unpaired) electrons. The highest BCUT2D eigenvalue weighted by Gasteiger charge is 2.44. The lowest BCUT2D eigenvalue weighted by atomic mass is 10.1. The molecule has 4 N–H and O–H groups in total. The lowest BCUT2D eigenvalue weighted by Gasteiger charge is -2.12. The molecule has 2 rings (SSSR count). The Kier molecular flexibility index (Phi) is 2.97. The summed E-state index contributed by atoms with van der Waals surface area (Å²) in [6.45, 7) is 7.20. The molecule has 18 heavy (non-hydrogen) atoms. The molecule has 1 atom stereocenters. The minimum Gasteiger partial charge on any atom is -0.478 e. The van der Waals surface area contributed by atoms with Gasteiger partial charge < -0.3 is 16.2 Å². The molecule has 1 saturated carbocycles.